The van der Waals surface area contributed by atoms with E-state index in [2.05, 4.69) is 10.2 Å². The van der Waals surface area contributed by atoms with E-state index in [0.29, 0.717) is 5.56 Å². The van der Waals surface area contributed by atoms with Gasteiger partial charge in [0.15, 0.2) is 0 Å². The van der Waals surface area contributed by atoms with Crippen LogP contribution in [0.4, 0.5) is 11.4 Å². The van der Waals surface area contributed by atoms with Gasteiger partial charge >= 0.3 is 0 Å². The summed E-state index contributed by atoms with van der Waals surface area (Å²) in [5.41, 5.74) is 3.71. The summed E-state index contributed by atoms with van der Waals surface area (Å²) in [4.78, 5) is 14.6. The second kappa shape index (κ2) is 6.62. The molecule has 2 aromatic carbocycles. The topological polar surface area (TPSA) is 41.6 Å². The summed E-state index contributed by atoms with van der Waals surface area (Å²) < 4.78 is 5.35. The molecule has 1 fully saturated rings. The Morgan fingerprint density at radius 3 is 2.41 bits per heavy atom. The first-order chi connectivity index (χ1) is 10.7. The number of amides is 1. The molecule has 3 rings (SSSR count). The van der Waals surface area contributed by atoms with E-state index >= 15 is 0 Å². The molecular weight excluding hydrogens is 276 g/mol. The van der Waals surface area contributed by atoms with E-state index in [1.54, 1.807) is 0 Å². The molecule has 1 heterocycles. The van der Waals surface area contributed by atoms with Crippen molar-refractivity contribution in [3.63, 3.8) is 0 Å². The van der Waals surface area contributed by atoms with Crippen LogP contribution in [-0.4, -0.2) is 32.2 Å². The lowest BCUT2D eigenvalue weighted by Gasteiger charge is -2.28. The van der Waals surface area contributed by atoms with Crippen molar-refractivity contribution in [2.24, 2.45) is 0 Å². The number of nitrogens with one attached hydrogen (secondary N) is 1. The van der Waals surface area contributed by atoms with Crippen LogP contribution in [0.25, 0.3) is 0 Å². The highest BCUT2D eigenvalue weighted by Crippen LogP contribution is 2.18. The fourth-order valence-electron chi connectivity index (χ4n) is 2.55. The second-order valence-corrected chi connectivity index (χ2v) is 5.42. The van der Waals surface area contributed by atoms with Crippen molar-refractivity contribution >= 4 is 17.3 Å². The molecule has 1 aliphatic rings. The molecule has 1 amide bonds. The maximum absolute atomic E-state index is 12.3. The number of hydrogen-bond donors (Lipinski definition) is 1. The van der Waals surface area contributed by atoms with Crippen molar-refractivity contribution in [2.75, 3.05) is 36.5 Å². The molecule has 1 N–H and O–H groups in total. The van der Waals surface area contributed by atoms with Gasteiger partial charge in [-0.15, -0.1) is 0 Å². The summed E-state index contributed by atoms with van der Waals surface area (Å²) in [6.07, 6.45) is 0. The number of para-hydroxylation sites is 1. The SMILES string of the molecule is Cc1ccccc1NC(=O)c1ccc(N2CCOCC2)cc1. The summed E-state index contributed by atoms with van der Waals surface area (Å²) in [5.74, 6) is -0.0807. The van der Waals surface area contributed by atoms with Crippen LogP contribution in [0.3, 0.4) is 0 Å². The predicted molar refractivity (Wildman–Crippen MR) is 88.6 cm³/mol. The lowest BCUT2D eigenvalue weighted by atomic mass is 10.1. The Balaban J connectivity index is 1.69. The molecule has 4 heteroatoms. The largest absolute Gasteiger partial charge is 0.378 e. The number of carbonyl (C=O) groups is 1. The number of rotatable bonds is 3. The average molecular weight is 296 g/mol. The van der Waals surface area contributed by atoms with Gasteiger partial charge in [-0.25, -0.2) is 0 Å². The normalized spacial score (nSPS) is 14.7. The van der Waals surface area contributed by atoms with Crippen molar-refractivity contribution in [2.45, 2.75) is 6.92 Å². The number of morpholine rings is 1. The molecule has 4 nitrogen and oxygen atoms in total. The van der Waals surface area contributed by atoms with Crippen molar-refractivity contribution < 1.29 is 9.53 Å². The molecule has 0 atom stereocenters. The van der Waals surface area contributed by atoms with Crippen molar-refractivity contribution in [1.29, 1.82) is 0 Å². The molecule has 0 unspecified atom stereocenters. The van der Waals surface area contributed by atoms with Crippen molar-refractivity contribution in [1.82, 2.24) is 0 Å². The Morgan fingerprint density at radius 2 is 1.73 bits per heavy atom. The smallest absolute Gasteiger partial charge is 0.255 e. The zero-order valence-corrected chi connectivity index (χ0v) is 12.7. The maximum atomic E-state index is 12.3. The first-order valence-electron chi connectivity index (χ1n) is 7.54. The highest BCUT2D eigenvalue weighted by molar-refractivity contribution is 6.04. The average Bonchev–Trinajstić information content (AvgIpc) is 2.58. The third-order valence-corrected chi connectivity index (χ3v) is 3.90. The number of hydrogen-bond acceptors (Lipinski definition) is 3. The van der Waals surface area contributed by atoms with E-state index in [4.69, 9.17) is 4.74 Å². The summed E-state index contributed by atoms with van der Waals surface area (Å²) >= 11 is 0. The third-order valence-electron chi connectivity index (χ3n) is 3.90. The summed E-state index contributed by atoms with van der Waals surface area (Å²) in [7, 11) is 0. The molecule has 114 valence electrons. The van der Waals surface area contributed by atoms with Crippen LogP contribution in [0.15, 0.2) is 48.5 Å². The predicted octanol–water partition coefficient (Wildman–Crippen LogP) is 3.08. The second-order valence-electron chi connectivity index (χ2n) is 5.42. The minimum Gasteiger partial charge on any atom is -0.378 e. The zero-order chi connectivity index (χ0) is 15.4. The van der Waals surface area contributed by atoms with Crippen LogP contribution in [-0.2, 0) is 4.74 Å². The first kappa shape index (κ1) is 14.6. The van der Waals surface area contributed by atoms with Crippen LogP contribution in [0.1, 0.15) is 15.9 Å². The molecule has 0 radical (unpaired) electrons. The van der Waals surface area contributed by atoms with Gasteiger partial charge < -0.3 is 15.0 Å². The van der Waals surface area contributed by atoms with Crippen molar-refractivity contribution in [3.8, 4) is 0 Å². The van der Waals surface area contributed by atoms with Gasteiger partial charge in [-0.2, -0.15) is 0 Å². The number of aryl methyl sites for hydroxylation is 1. The molecule has 0 aliphatic carbocycles. The van der Waals surface area contributed by atoms with Gasteiger partial charge in [0, 0.05) is 30.0 Å². The number of carbonyl (C=O) groups excluding carboxylic acids is 1. The Labute approximate surface area is 130 Å². The molecule has 0 spiro atoms. The first-order valence-corrected chi connectivity index (χ1v) is 7.54. The van der Waals surface area contributed by atoms with Gasteiger partial charge in [0.05, 0.1) is 13.2 Å². The van der Waals surface area contributed by atoms with E-state index in [1.165, 1.54) is 0 Å². The molecule has 1 saturated heterocycles. The Bertz CT molecular complexity index is 646. The Kier molecular flexibility index (Phi) is 4.39. The van der Waals surface area contributed by atoms with Gasteiger partial charge in [-0.3, -0.25) is 4.79 Å². The number of ether oxygens (including phenoxy) is 1. The maximum Gasteiger partial charge on any atom is 0.255 e. The molecule has 0 bridgehead atoms. The monoisotopic (exact) mass is 296 g/mol. The highest BCUT2D eigenvalue weighted by Gasteiger charge is 2.12. The van der Waals surface area contributed by atoms with E-state index in [1.807, 2.05) is 55.5 Å². The minimum atomic E-state index is -0.0807. The van der Waals surface area contributed by atoms with E-state index in [-0.39, 0.29) is 5.91 Å². The molecule has 22 heavy (non-hydrogen) atoms. The quantitative estimate of drug-likeness (QED) is 0.946. The fourth-order valence-corrected chi connectivity index (χ4v) is 2.55. The number of anilines is 2. The lowest BCUT2D eigenvalue weighted by molar-refractivity contribution is 0.102. The van der Waals surface area contributed by atoms with Crippen LogP contribution >= 0.6 is 0 Å². The van der Waals surface area contributed by atoms with E-state index in [0.717, 1.165) is 43.2 Å². The van der Waals surface area contributed by atoms with E-state index < -0.39 is 0 Å². The minimum absolute atomic E-state index is 0.0807. The van der Waals surface area contributed by atoms with Gasteiger partial charge in [-0.1, -0.05) is 18.2 Å². The van der Waals surface area contributed by atoms with Crippen molar-refractivity contribution in [3.05, 3.63) is 59.7 Å². The van der Waals surface area contributed by atoms with Crippen LogP contribution in [0.5, 0.6) is 0 Å². The number of nitrogens with zero attached hydrogens (tertiary/aromatic N) is 1. The van der Waals surface area contributed by atoms with Gasteiger partial charge in [0.1, 0.15) is 0 Å². The zero-order valence-electron chi connectivity index (χ0n) is 12.7. The molecular formula is C18H20N2O2. The standard InChI is InChI=1S/C18H20N2O2/c1-14-4-2-3-5-17(14)19-18(21)15-6-8-16(9-7-15)20-10-12-22-13-11-20/h2-9H,10-13H2,1H3,(H,19,21). The molecule has 1 aliphatic heterocycles. The molecule has 2 aromatic rings. The lowest BCUT2D eigenvalue weighted by Crippen LogP contribution is -2.36. The Morgan fingerprint density at radius 1 is 1.05 bits per heavy atom. The van der Waals surface area contributed by atoms with Crippen LogP contribution in [0, 0.1) is 6.92 Å². The van der Waals surface area contributed by atoms with Gasteiger partial charge in [-0.05, 0) is 42.8 Å². The molecule has 0 saturated carbocycles. The third kappa shape index (κ3) is 3.28. The van der Waals surface area contributed by atoms with Crippen LogP contribution in [0.2, 0.25) is 0 Å². The summed E-state index contributed by atoms with van der Waals surface area (Å²) in [6.45, 7) is 5.30. The highest BCUT2D eigenvalue weighted by atomic mass is 16.5. The van der Waals surface area contributed by atoms with Gasteiger partial charge in [0.25, 0.3) is 5.91 Å². The molecule has 0 aromatic heterocycles. The van der Waals surface area contributed by atoms with Crippen LogP contribution < -0.4 is 10.2 Å². The van der Waals surface area contributed by atoms with Gasteiger partial charge in [0.2, 0.25) is 0 Å². The van der Waals surface area contributed by atoms with E-state index in [9.17, 15) is 4.79 Å². The number of benzene rings is 2. The summed E-state index contributed by atoms with van der Waals surface area (Å²) in [6, 6.07) is 15.5. The Hall–Kier alpha value is -2.33. The fraction of sp³-hybridized carbons (Fsp3) is 0.278. The summed E-state index contributed by atoms with van der Waals surface area (Å²) in [5, 5.41) is 2.95.